The quantitative estimate of drug-likeness (QED) is 0.859. The third kappa shape index (κ3) is 2.31. The highest BCUT2D eigenvalue weighted by molar-refractivity contribution is 8.34. The van der Waals surface area contributed by atoms with Gasteiger partial charge in [0, 0.05) is 4.75 Å². The molecule has 1 aromatic rings. The molecule has 1 aromatic carbocycles. The predicted molar refractivity (Wildman–Crippen MR) is 89.7 cm³/mol. The Hall–Kier alpha value is -0.470. The minimum absolute atomic E-state index is 0.198. The summed E-state index contributed by atoms with van der Waals surface area (Å²) < 4.78 is 0.198. The van der Waals surface area contributed by atoms with Gasteiger partial charge in [0.05, 0.1) is 6.10 Å². The molecule has 1 aliphatic heterocycles. The fraction of sp³-hybridized carbons (Fsp3) is 0.667. The average molecular weight is 292 g/mol. The van der Waals surface area contributed by atoms with E-state index in [1.807, 2.05) is 6.07 Å². The number of hydrogen-bond acceptors (Lipinski definition) is 1. The van der Waals surface area contributed by atoms with Crippen molar-refractivity contribution >= 4 is 10.0 Å². The van der Waals surface area contributed by atoms with Crippen molar-refractivity contribution in [3.8, 4) is 0 Å². The zero-order valence-corrected chi connectivity index (χ0v) is 13.5. The zero-order chi connectivity index (χ0) is 14.1. The van der Waals surface area contributed by atoms with Crippen LogP contribution in [0.3, 0.4) is 0 Å². The first-order chi connectivity index (χ1) is 9.68. The zero-order valence-electron chi connectivity index (χ0n) is 12.7. The number of aliphatic hydroxyl groups excluding tert-OH is 1. The highest BCUT2D eigenvalue weighted by Gasteiger charge is 2.50. The van der Waals surface area contributed by atoms with Gasteiger partial charge in [-0.25, -0.2) is 10.0 Å². The third-order valence-corrected chi connectivity index (χ3v) is 10.7. The summed E-state index contributed by atoms with van der Waals surface area (Å²) in [4.78, 5) is 0. The highest BCUT2D eigenvalue weighted by Crippen LogP contribution is 2.69. The van der Waals surface area contributed by atoms with E-state index in [0.29, 0.717) is 0 Å². The van der Waals surface area contributed by atoms with Crippen molar-refractivity contribution < 1.29 is 5.11 Å². The predicted octanol–water partition coefficient (Wildman–Crippen LogP) is 4.65. The number of aliphatic hydroxyl groups is 1. The van der Waals surface area contributed by atoms with Crippen LogP contribution in [0.5, 0.6) is 0 Å². The second kappa shape index (κ2) is 5.73. The summed E-state index contributed by atoms with van der Waals surface area (Å²) in [6, 6.07) is 10.4. The van der Waals surface area contributed by atoms with Crippen molar-refractivity contribution in [2.75, 3.05) is 17.8 Å². The molecule has 2 aliphatic rings. The van der Waals surface area contributed by atoms with Crippen molar-refractivity contribution in [2.24, 2.45) is 0 Å². The summed E-state index contributed by atoms with van der Waals surface area (Å²) >= 11 is 0. The van der Waals surface area contributed by atoms with Crippen LogP contribution in [-0.4, -0.2) is 27.6 Å². The lowest BCUT2D eigenvalue weighted by molar-refractivity contribution is 0.105. The van der Waals surface area contributed by atoms with E-state index in [2.05, 4.69) is 30.5 Å². The van der Waals surface area contributed by atoms with Crippen LogP contribution in [0.15, 0.2) is 30.3 Å². The maximum atomic E-state index is 11.2. The summed E-state index contributed by atoms with van der Waals surface area (Å²) in [5.74, 6) is 2.77. The molecule has 0 bridgehead atoms. The van der Waals surface area contributed by atoms with Crippen molar-refractivity contribution in [1.29, 1.82) is 0 Å². The van der Waals surface area contributed by atoms with E-state index in [0.717, 1.165) is 5.56 Å². The van der Waals surface area contributed by atoms with E-state index in [4.69, 9.17) is 0 Å². The molecule has 0 radical (unpaired) electrons. The van der Waals surface area contributed by atoms with Crippen LogP contribution in [0.4, 0.5) is 0 Å². The first-order valence-corrected chi connectivity index (χ1v) is 10.5. The Morgan fingerprint density at radius 2 is 1.55 bits per heavy atom. The van der Waals surface area contributed by atoms with Crippen LogP contribution >= 0.6 is 10.0 Å². The minimum Gasteiger partial charge on any atom is -0.387 e. The molecule has 1 N–H and O–H groups in total. The van der Waals surface area contributed by atoms with Gasteiger partial charge < -0.3 is 5.11 Å². The normalized spacial score (nSPS) is 27.9. The molecule has 1 unspecified atom stereocenters. The van der Waals surface area contributed by atoms with E-state index in [1.165, 1.54) is 56.5 Å². The molecular formula is C18H28OS. The van der Waals surface area contributed by atoms with Gasteiger partial charge in [0.25, 0.3) is 0 Å². The second-order valence-electron chi connectivity index (χ2n) is 6.83. The molecule has 0 aromatic heterocycles. The molecule has 2 heteroatoms. The fourth-order valence-corrected chi connectivity index (χ4v) is 9.12. The molecule has 20 heavy (non-hydrogen) atoms. The summed E-state index contributed by atoms with van der Waals surface area (Å²) in [5.41, 5.74) is 1.15. The summed E-state index contributed by atoms with van der Waals surface area (Å²) in [6.07, 6.45) is 11.5. The lowest BCUT2D eigenvalue weighted by Crippen LogP contribution is -2.44. The molecule has 1 heterocycles. The molecular weight excluding hydrogens is 264 g/mol. The smallest absolute Gasteiger partial charge is 0.0922 e. The van der Waals surface area contributed by atoms with E-state index in [-0.39, 0.29) is 10.9 Å². The van der Waals surface area contributed by atoms with E-state index >= 15 is 0 Å². The lowest BCUT2D eigenvalue weighted by Gasteiger charge is -2.56. The standard InChI is InChI=1S/C18H28OS/c1-20(14-8-9-15-20)18(12-6-3-7-13-18)17(19)16-10-4-2-5-11-16/h2,4-5,10-11,17,19H,3,6-9,12-15H2,1H3. The SMILES string of the molecule is CS1(C2(C(O)c3ccccc3)CCCCC2)CCCC1. The maximum absolute atomic E-state index is 11.2. The molecule has 1 aliphatic carbocycles. The van der Waals surface area contributed by atoms with Crippen LogP contribution in [0.25, 0.3) is 0 Å². The van der Waals surface area contributed by atoms with Crippen LogP contribution in [0.2, 0.25) is 0 Å². The fourth-order valence-electron chi connectivity index (χ4n) is 4.47. The highest BCUT2D eigenvalue weighted by atomic mass is 32.3. The van der Waals surface area contributed by atoms with Crippen molar-refractivity contribution in [2.45, 2.75) is 55.8 Å². The van der Waals surface area contributed by atoms with Gasteiger partial charge in [0.2, 0.25) is 0 Å². The van der Waals surface area contributed by atoms with Crippen LogP contribution in [-0.2, 0) is 0 Å². The van der Waals surface area contributed by atoms with Crippen molar-refractivity contribution in [3.63, 3.8) is 0 Å². The van der Waals surface area contributed by atoms with Crippen LogP contribution in [0.1, 0.15) is 56.6 Å². The van der Waals surface area contributed by atoms with E-state index < -0.39 is 10.0 Å². The minimum atomic E-state index is -0.665. The topological polar surface area (TPSA) is 20.2 Å². The summed E-state index contributed by atoms with van der Waals surface area (Å²) in [5, 5.41) is 11.2. The summed E-state index contributed by atoms with van der Waals surface area (Å²) in [6.45, 7) is 0. The van der Waals surface area contributed by atoms with Gasteiger partial charge in [-0.3, -0.25) is 0 Å². The van der Waals surface area contributed by atoms with Gasteiger partial charge in [-0.15, -0.1) is 0 Å². The Kier molecular flexibility index (Phi) is 4.14. The molecule has 1 saturated carbocycles. The number of benzene rings is 1. The Morgan fingerprint density at radius 3 is 2.15 bits per heavy atom. The first-order valence-electron chi connectivity index (χ1n) is 8.14. The Labute approximate surface area is 125 Å². The molecule has 1 saturated heterocycles. The molecule has 2 fully saturated rings. The Morgan fingerprint density at radius 1 is 0.950 bits per heavy atom. The van der Waals surface area contributed by atoms with Gasteiger partial charge in [-0.1, -0.05) is 49.6 Å². The Bertz CT molecular complexity index is 430. The second-order valence-corrected chi connectivity index (χ2v) is 11.0. The molecule has 0 amide bonds. The molecule has 112 valence electrons. The van der Waals surface area contributed by atoms with Crippen molar-refractivity contribution in [3.05, 3.63) is 35.9 Å². The number of hydrogen-bond donors (Lipinski definition) is 1. The summed E-state index contributed by atoms with van der Waals surface area (Å²) in [7, 11) is -0.665. The largest absolute Gasteiger partial charge is 0.387 e. The molecule has 3 rings (SSSR count). The first kappa shape index (κ1) is 14.5. The van der Waals surface area contributed by atoms with Gasteiger partial charge in [0.1, 0.15) is 0 Å². The maximum Gasteiger partial charge on any atom is 0.0922 e. The van der Waals surface area contributed by atoms with Crippen LogP contribution < -0.4 is 0 Å². The van der Waals surface area contributed by atoms with E-state index in [9.17, 15) is 5.11 Å². The lowest BCUT2D eigenvalue weighted by atomic mass is 9.81. The van der Waals surface area contributed by atoms with E-state index in [1.54, 1.807) is 0 Å². The monoisotopic (exact) mass is 292 g/mol. The van der Waals surface area contributed by atoms with Gasteiger partial charge >= 0.3 is 0 Å². The van der Waals surface area contributed by atoms with Gasteiger partial charge in [-0.05, 0) is 49.0 Å². The van der Waals surface area contributed by atoms with Crippen molar-refractivity contribution in [1.82, 2.24) is 0 Å². The molecule has 1 nitrogen and oxygen atoms in total. The van der Waals surface area contributed by atoms with Gasteiger partial charge in [0.15, 0.2) is 0 Å². The molecule has 0 spiro atoms. The third-order valence-electron chi connectivity index (χ3n) is 5.73. The number of rotatable bonds is 3. The molecule has 1 atom stereocenters. The average Bonchev–Trinajstić information content (AvgIpc) is 2.96. The van der Waals surface area contributed by atoms with Gasteiger partial charge in [-0.2, -0.15) is 0 Å². The Balaban J connectivity index is 1.97. The van der Waals surface area contributed by atoms with Crippen LogP contribution in [0, 0.1) is 0 Å².